The van der Waals surface area contributed by atoms with Crippen LogP contribution in [0, 0.1) is 11.8 Å². The summed E-state index contributed by atoms with van der Waals surface area (Å²) < 4.78 is 48.8. The van der Waals surface area contributed by atoms with Crippen LogP contribution in [0.15, 0.2) is 24.3 Å². The standard InChI is InChI=1S/C18H19F3O4/c19-18(20,21)14-3-1-13(2-4-14)15(22)5-6-16(23)7-9-17(10-8-16)24-11-12-25-17/h1-4,15,22-23H,7-12H2. The normalized spacial score (nSPS) is 23.1. The van der Waals surface area contributed by atoms with Gasteiger partial charge in [-0.1, -0.05) is 24.0 Å². The van der Waals surface area contributed by atoms with Gasteiger partial charge in [0.25, 0.3) is 0 Å². The van der Waals surface area contributed by atoms with Gasteiger partial charge in [0.15, 0.2) is 5.79 Å². The smallest absolute Gasteiger partial charge is 0.378 e. The highest BCUT2D eigenvalue weighted by molar-refractivity contribution is 5.31. The van der Waals surface area contributed by atoms with Gasteiger partial charge in [0.05, 0.1) is 18.8 Å². The molecule has 136 valence electrons. The Kier molecular flexibility index (Phi) is 4.82. The third-order valence-corrected chi connectivity index (χ3v) is 4.65. The molecule has 0 amide bonds. The number of hydrogen-bond acceptors (Lipinski definition) is 4. The second-order valence-electron chi connectivity index (χ2n) is 6.43. The van der Waals surface area contributed by atoms with Crippen LogP contribution in [-0.4, -0.2) is 34.8 Å². The Morgan fingerprint density at radius 1 is 1.00 bits per heavy atom. The SMILES string of the molecule is OC(C#CC1(O)CCC2(CC1)OCCO2)c1ccc(C(F)(F)F)cc1. The predicted octanol–water partition coefficient (Wildman–Crippen LogP) is 2.79. The molecule has 1 heterocycles. The number of hydrogen-bond donors (Lipinski definition) is 2. The van der Waals surface area contributed by atoms with E-state index in [0.29, 0.717) is 38.9 Å². The molecule has 1 aromatic rings. The zero-order chi connectivity index (χ0) is 18.1. The molecular formula is C18H19F3O4. The Morgan fingerprint density at radius 3 is 2.08 bits per heavy atom. The van der Waals surface area contributed by atoms with Crippen LogP contribution < -0.4 is 0 Å². The van der Waals surface area contributed by atoms with Gasteiger partial charge in [-0.25, -0.2) is 0 Å². The molecule has 2 N–H and O–H groups in total. The number of benzene rings is 1. The first-order chi connectivity index (χ1) is 11.7. The van der Waals surface area contributed by atoms with E-state index in [4.69, 9.17) is 9.47 Å². The maximum Gasteiger partial charge on any atom is 0.416 e. The number of aliphatic hydroxyl groups excluding tert-OH is 1. The van der Waals surface area contributed by atoms with E-state index >= 15 is 0 Å². The first-order valence-electron chi connectivity index (χ1n) is 8.10. The van der Waals surface area contributed by atoms with E-state index in [-0.39, 0.29) is 5.56 Å². The van der Waals surface area contributed by atoms with Crippen LogP contribution in [0.2, 0.25) is 0 Å². The van der Waals surface area contributed by atoms with Crippen LogP contribution in [-0.2, 0) is 15.7 Å². The summed E-state index contributed by atoms with van der Waals surface area (Å²) in [5, 5.41) is 20.6. The van der Waals surface area contributed by atoms with Crippen molar-refractivity contribution in [3.63, 3.8) is 0 Å². The molecule has 1 atom stereocenters. The van der Waals surface area contributed by atoms with Gasteiger partial charge in [-0.2, -0.15) is 13.2 Å². The highest BCUT2D eigenvalue weighted by atomic mass is 19.4. The minimum Gasteiger partial charge on any atom is -0.378 e. The van der Waals surface area contributed by atoms with Crippen molar-refractivity contribution in [2.45, 2.75) is 49.4 Å². The number of alkyl halides is 3. The van der Waals surface area contributed by atoms with Crippen molar-refractivity contribution < 1.29 is 32.9 Å². The van der Waals surface area contributed by atoms with Crippen molar-refractivity contribution in [1.29, 1.82) is 0 Å². The topological polar surface area (TPSA) is 58.9 Å². The van der Waals surface area contributed by atoms with Gasteiger partial charge in [-0.05, 0) is 30.5 Å². The predicted molar refractivity (Wildman–Crippen MR) is 82.2 cm³/mol. The summed E-state index contributed by atoms with van der Waals surface area (Å²) >= 11 is 0. The Hall–Kier alpha value is -1.59. The molecule has 0 radical (unpaired) electrons. The van der Waals surface area contributed by atoms with Crippen molar-refractivity contribution >= 4 is 0 Å². The van der Waals surface area contributed by atoms with Crippen LogP contribution in [0.4, 0.5) is 13.2 Å². The Morgan fingerprint density at radius 2 is 1.56 bits per heavy atom. The number of aliphatic hydroxyl groups is 2. The maximum absolute atomic E-state index is 12.5. The largest absolute Gasteiger partial charge is 0.416 e. The first kappa shape index (κ1) is 18.2. The monoisotopic (exact) mass is 356 g/mol. The summed E-state index contributed by atoms with van der Waals surface area (Å²) in [6.07, 6.45) is -3.98. The summed E-state index contributed by atoms with van der Waals surface area (Å²) in [5.41, 5.74) is -1.80. The van der Waals surface area contributed by atoms with Gasteiger partial charge in [0.1, 0.15) is 11.7 Å². The molecule has 1 saturated heterocycles. The lowest BCUT2D eigenvalue weighted by molar-refractivity contribution is -0.195. The summed E-state index contributed by atoms with van der Waals surface area (Å²) in [6.45, 7) is 1.08. The van der Waals surface area contributed by atoms with Crippen molar-refractivity contribution in [2.24, 2.45) is 0 Å². The van der Waals surface area contributed by atoms with Gasteiger partial charge in [-0.15, -0.1) is 0 Å². The van der Waals surface area contributed by atoms with E-state index in [1.807, 2.05) is 0 Å². The average molecular weight is 356 g/mol. The molecular weight excluding hydrogens is 337 g/mol. The second kappa shape index (κ2) is 6.61. The van der Waals surface area contributed by atoms with Crippen molar-refractivity contribution in [2.75, 3.05) is 13.2 Å². The van der Waals surface area contributed by atoms with E-state index in [2.05, 4.69) is 11.8 Å². The lowest BCUT2D eigenvalue weighted by Crippen LogP contribution is -2.42. The average Bonchev–Trinajstić information content (AvgIpc) is 3.04. The molecule has 1 aromatic carbocycles. The lowest BCUT2D eigenvalue weighted by Gasteiger charge is -2.37. The summed E-state index contributed by atoms with van der Waals surface area (Å²) in [5.74, 6) is 4.58. The minimum atomic E-state index is -4.42. The summed E-state index contributed by atoms with van der Waals surface area (Å²) in [6, 6.07) is 4.16. The maximum atomic E-state index is 12.5. The van der Waals surface area contributed by atoms with E-state index in [1.54, 1.807) is 0 Å². The third kappa shape index (κ3) is 4.15. The molecule has 1 aliphatic carbocycles. The van der Waals surface area contributed by atoms with Gasteiger partial charge in [0, 0.05) is 12.8 Å². The molecule has 4 nitrogen and oxygen atoms in total. The Balaban J connectivity index is 1.64. The highest BCUT2D eigenvalue weighted by Gasteiger charge is 2.45. The first-order valence-corrected chi connectivity index (χ1v) is 8.10. The van der Waals surface area contributed by atoms with Crippen molar-refractivity contribution in [1.82, 2.24) is 0 Å². The summed E-state index contributed by atoms with van der Waals surface area (Å²) in [4.78, 5) is 0. The molecule has 2 aliphatic rings. The molecule has 7 heteroatoms. The van der Waals surface area contributed by atoms with E-state index in [1.165, 1.54) is 12.1 Å². The quantitative estimate of drug-likeness (QED) is 0.760. The van der Waals surface area contributed by atoms with E-state index in [0.717, 1.165) is 12.1 Å². The van der Waals surface area contributed by atoms with Crippen LogP contribution in [0.5, 0.6) is 0 Å². The van der Waals surface area contributed by atoms with Gasteiger partial charge >= 0.3 is 6.18 Å². The molecule has 3 rings (SSSR count). The lowest BCUT2D eigenvalue weighted by atomic mass is 9.81. The van der Waals surface area contributed by atoms with Gasteiger partial charge in [-0.3, -0.25) is 0 Å². The molecule has 1 saturated carbocycles. The van der Waals surface area contributed by atoms with Crippen LogP contribution in [0.25, 0.3) is 0 Å². The molecule has 1 aliphatic heterocycles. The summed E-state index contributed by atoms with van der Waals surface area (Å²) in [7, 11) is 0. The fourth-order valence-electron chi connectivity index (χ4n) is 3.10. The zero-order valence-electron chi connectivity index (χ0n) is 13.5. The molecule has 2 fully saturated rings. The van der Waals surface area contributed by atoms with Crippen LogP contribution in [0.1, 0.15) is 42.9 Å². The molecule has 1 unspecified atom stereocenters. The third-order valence-electron chi connectivity index (χ3n) is 4.65. The van der Waals surface area contributed by atoms with Crippen LogP contribution >= 0.6 is 0 Å². The van der Waals surface area contributed by atoms with Gasteiger partial charge in [0.2, 0.25) is 0 Å². The van der Waals surface area contributed by atoms with Crippen molar-refractivity contribution in [3.05, 3.63) is 35.4 Å². The second-order valence-corrected chi connectivity index (χ2v) is 6.43. The molecule has 25 heavy (non-hydrogen) atoms. The Bertz CT molecular complexity index is 656. The molecule has 0 aromatic heterocycles. The van der Waals surface area contributed by atoms with E-state index in [9.17, 15) is 23.4 Å². The zero-order valence-corrected chi connectivity index (χ0v) is 13.5. The molecule has 0 bridgehead atoms. The van der Waals surface area contributed by atoms with Crippen LogP contribution in [0.3, 0.4) is 0 Å². The highest BCUT2D eigenvalue weighted by Crippen LogP contribution is 2.40. The molecule has 1 spiro atoms. The van der Waals surface area contributed by atoms with E-state index < -0.39 is 29.2 Å². The minimum absolute atomic E-state index is 0.249. The Labute approximate surface area is 143 Å². The van der Waals surface area contributed by atoms with Gasteiger partial charge < -0.3 is 19.7 Å². The fourth-order valence-corrected chi connectivity index (χ4v) is 3.10. The fraction of sp³-hybridized carbons (Fsp3) is 0.556. The number of ether oxygens (including phenoxy) is 2. The number of rotatable bonds is 1. The number of halogens is 3. The van der Waals surface area contributed by atoms with Crippen molar-refractivity contribution in [3.8, 4) is 11.8 Å².